The standard InChI is InChI=1S/C8H7FO2/c1-11-8-3-6(5-10)2-7(9)4-8/h2-5H,1H3. The Bertz CT molecular complexity index is 271. The summed E-state index contributed by atoms with van der Waals surface area (Å²) in [7, 11) is 1.42. The summed E-state index contributed by atoms with van der Waals surface area (Å²) in [5, 5.41) is 0. The van der Waals surface area contributed by atoms with E-state index in [2.05, 4.69) is 0 Å². The predicted molar refractivity (Wildman–Crippen MR) is 38.3 cm³/mol. The Hall–Kier alpha value is -1.38. The van der Waals surface area contributed by atoms with E-state index in [0.29, 0.717) is 12.0 Å². The van der Waals surface area contributed by atoms with Gasteiger partial charge in [-0.15, -0.1) is 0 Å². The van der Waals surface area contributed by atoms with E-state index in [9.17, 15) is 9.18 Å². The molecule has 1 aromatic rings. The molecule has 0 aliphatic rings. The van der Waals surface area contributed by atoms with Crippen molar-refractivity contribution in [3.05, 3.63) is 29.6 Å². The molecule has 2 nitrogen and oxygen atoms in total. The summed E-state index contributed by atoms with van der Waals surface area (Å²) in [4.78, 5) is 10.2. The molecule has 0 unspecified atom stereocenters. The molecule has 0 amide bonds. The number of benzene rings is 1. The number of carbonyl (C=O) groups excluding carboxylic acids is 1. The Morgan fingerprint density at radius 3 is 2.73 bits per heavy atom. The minimum Gasteiger partial charge on any atom is -0.497 e. The lowest BCUT2D eigenvalue weighted by molar-refractivity contribution is 0.112. The highest BCUT2D eigenvalue weighted by atomic mass is 19.1. The van der Waals surface area contributed by atoms with Gasteiger partial charge in [0.1, 0.15) is 17.9 Å². The molecule has 0 aliphatic heterocycles. The zero-order chi connectivity index (χ0) is 8.27. The summed E-state index contributed by atoms with van der Waals surface area (Å²) in [6, 6.07) is 3.83. The zero-order valence-electron chi connectivity index (χ0n) is 6.00. The van der Waals surface area contributed by atoms with Crippen LogP contribution >= 0.6 is 0 Å². The molecule has 1 aromatic carbocycles. The third kappa shape index (κ3) is 1.77. The van der Waals surface area contributed by atoms with E-state index in [1.54, 1.807) is 0 Å². The number of aldehydes is 1. The van der Waals surface area contributed by atoms with Crippen molar-refractivity contribution in [3.8, 4) is 5.75 Å². The van der Waals surface area contributed by atoms with E-state index in [0.717, 1.165) is 6.07 Å². The van der Waals surface area contributed by atoms with Crippen LogP contribution in [-0.2, 0) is 0 Å². The quantitative estimate of drug-likeness (QED) is 0.605. The lowest BCUT2D eigenvalue weighted by Gasteiger charge is -1.99. The first kappa shape index (κ1) is 7.72. The fourth-order valence-corrected chi connectivity index (χ4v) is 0.770. The van der Waals surface area contributed by atoms with Gasteiger partial charge in [-0.25, -0.2) is 4.39 Å². The highest BCUT2D eigenvalue weighted by Crippen LogP contribution is 2.14. The van der Waals surface area contributed by atoms with Crippen LogP contribution in [0.1, 0.15) is 10.4 Å². The molecule has 58 valence electrons. The van der Waals surface area contributed by atoms with Gasteiger partial charge < -0.3 is 4.74 Å². The Morgan fingerprint density at radius 2 is 2.18 bits per heavy atom. The lowest BCUT2D eigenvalue weighted by atomic mass is 10.2. The van der Waals surface area contributed by atoms with E-state index in [-0.39, 0.29) is 5.56 Å². The van der Waals surface area contributed by atoms with Gasteiger partial charge in [-0.2, -0.15) is 0 Å². The van der Waals surface area contributed by atoms with Crippen molar-refractivity contribution in [2.24, 2.45) is 0 Å². The van der Waals surface area contributed by atoms with Gasteiger partial charge in [0.2, 0.25) is 0 Å². The largest absolute Gasteiger partial charge is 0.497 e. The summed E-state index contributed by atoms with van der Waals surface area (Å²) in [6.45, 7) is 0. The molecule has 0 fully saturated rings. The van der Waals surface area contributed by atoms with Gasteiger partial charge >= 0.3 is 0 Å². The number of hydrogen-bond acceptors (Lipinski definition) is 2. The number of carbonyl (C=O) groups is 1. The molecule has 0 saturated heterocycles. The maximum Gasteiger partial charge on any atom is 0.150 e. The molecule has 0 saturated carbocycles. The molecule has 1 rings (SSSR count). The highest BCUT2D eigenvalue weighted by Gasteiger charge is 1.98. The minimum absolute atomic E-state index is 0.279. The molecule has 0 aliphatic carbocycles. The van der Waals surface area contributed by atoms with Crippen LogP contribution in [0.2, 0.25) is 0 Å². The first-order valence-corrected chi connectivity index (χ1v) is 3.06. The van der Waals surface area contributed by atoms with Crippen molar-refractivity contribution in [3.63, 3.8) is 0 Å². The highest BCUT2D eigenvalue weighted by molar-refractivity contribution is 5.75. The maximum atomic E-state index is 12.6. The van der Waals surface area contributed by atoms with Gasteiger partial charge in [-0.3, -0.25) is 4.79 Å². The van der Waals surface area contributed by atoms with E-state index in [4.69, 9.17) is 4.74 Å². The first-order chi connectivity index (χ1) is 5.26. The molecule has 3 heteroatoms. The average Bonchev–Trinajstić information content (AvgIpc) is 2.03. The van der Waals surface area contributed by atoms with Crippen molar-refractivity contribution in [1.29, 1.82) is 0 Å². The van der Waals surface area contributed by atoms with Crippen LogP contribution in [0.5, 0.6) is 5.75 Å². The molecule has 0 atom stereocenters. The summed E-state index contributed by atoms with van der Waals surface area (Å²) < 4.78 is 17.3. The first-order valence-electron chi connectivity index (χ1n) is 3.06. The summed E-state index contributed by atoms with van der Waals surface area (Å²) in [6.07, 6.45) is 0.575. The SMILES string of the molecule is COc1cc(F)cc(C=O)c1. The Labute approximate surface area is 63.6 Å². The molecule has 0 heterocycles. The molecule has 0 aromatic heterocycles. The van der Waals surface area contributed by atoms with Crippen LogP contribution in [0.4, 0.5) is 4.39 Å². The number of ether oxygens (including phenoxy) is 1. The van der Waals surface area contributed by atoms with E-state index in [1.807, 2.05) is 0 Å². The van der Waals surface area contributed by atoms with E-state index in [1.165, 1.54) is 19.2 Å². The Kier molecular flexibility index (Phi) is 2.21. The fraction of sp³-hybridized carbons (Fsp3) is 0.125. The van der Waals surface area contributed by atoms with E-state index >= 15 is 0 Å². The second-order valence-electron chi connectivity index (χ2n) is 2.04. The van der Waals surface area contributed by atoms with Crippen molar-refractivity contribution < 1.29 is 13.9 Å². The third-order valence-corrected chi connectivity index (χ3v) is 1.27. The second-order valence-corrected chi connectivity index (χ2v) is 2.04. The number of rotatable bonds is 2. The second kappa shape index (κ2) is 3.14. The van der Waals surface area contributed by atoms with Crippen molar-refractivity contribution in [2.45, 2.75) is 0 Å². The van der Waals surface area contributed by atoms with Crippen molar-refractivity contribution in [2.75, 3.05) is 7.11 Å². The number of methoxy groups -OCH3 is 1. The van der Waals surface area contributed by atoms with Gasteiger partial charge in [0.15, 0.2) is 0 Å². The molecule has 0 radical (unpaired) electrons. The number of halogens is 1. The number of hydrogen-bond donors (Lipinski definition) is 0. The minimum atomic E-state index is -0.466. The average molecular weight is 154 g/mol. The maximum absolute atomic E-state index is 12.6. The van der Waals surface area contributed by atoms with Gasteiger partial charge in [-0.1, -0.05) is 0 Å². The topological polar surface area (TPSA) is 26.3 Å². The van der Waals surface area contributed by atoms with Crippen LogP contribution in [0.25, 0.3) is 0 Å². The fourth-order valence-electron chi connectivity index (χ4n) is 0.770. The summed E-state index contributed by atoms with van der Waals surface area (Å²) >= 11 is 0. The molecule has 0 spiro atoms. The van der Waals surface area contributed by atoms with Gasteiger partial charge in [0.05, 0.1) is 7.11 Å². The monoisotopic (exact) mass is 154 g/mol. The Morgan fingerprint density at radius 1 is 1.45 bits per heavy atom. The molecule has 0 N–H and O–H groups in total. The van der Waals surface area contributed by atoms with Crippen LogP contribution < -0.4 is 4.74 Å². The summed E-state index contributed by atoms with van der Waals surface area (Å²) in [5.74, 6) is -0.112. The predicted octanol–water partition coefficient (Wildman–Crippen LogP) is 1.65. The van der Waals surface area contributed by atoms with Crippen molar-refractivity contribution >= 4 is 6.29 Å². The van der Waals surface area contributed by atoms with E-state index < -0.39 is 5.82 Å². The zero-order valence-corrected chi connectivity index (χ0v) is 6.00. The Balaban J connectivity index is 3.11. The third-order valence-electron chi connectivity index (χ3n) is 1.27. The van der Waals surface area contributed by atoms with Gasteiger partial charge in [0.25, 0.3) is 0 Å². The molecular formula is C8H7FO2. The lowest BCUT2D eigenvalue weighted by Crippen LogP contribution is -1.87. The smallest absolute Gasteiger partial charge is 0.150 e. The normalized spacial score (nSPS) is 9.27. The van der Waals surface area contributed by atoms with Crippen molar-refractivity contribution in [1.82, 2.24) is 0 Å². The van der Waals surface area contributed by atoms with Crippen LogP contribution in [-0.4, -0.2) is 13.4 Å². The van der Waals surface area contributed by atoms with Gasteiger partial charge in [0, 0.05) is 11.6 Å². The molecular weight excluding hydrogens is 147 g/mol. The van der Waals surface area contributed by atoms with Gasteiger partial charge in [-0.05, 0) is 12.1 Å². The van der Waals surface area contributed by atoms with Crippen LogP contribution in [0.15, 0.2) is 18.2 Å². The van der Waals surface area contributed by atoms with Crippen LogP contribution in [0.3, 0.4) is 0 Å². The molecule has 11 heavy (non-hydrogen) atoms. The summed E-state index contributed by atoms with van der Waals surface area (Å²) in [5.41, 5.74) is 0.279. The molecule has 0 bridgehead atoms. The van der Waals surface area contributed by atoms with Crippen LogP contribution in [0, 0.1) is 5.82 Å².